The van der Waals surface area contributed by atoms with Crippen molar-refractivity contribution in [1.29, 1.82) is 0 Å². The minimum Gasteiger partial charge on any atom is -0.352 e. The van der Waals surface area contributed by atoms with Crippen molar-refractivity contribution in [3.05, 3.63) is 83.9 Å². The third-order valence-corrected chi connectivity index (χ3v) is 6.69. The van der Waals surface area contributed by atoms with Gasteiger partial charge in [-0.05, 0) is 50.2 Å². The molecule has 8 nitrogen and oxygen atoms in total. The van der Waals surface area contributed by atoms with E-state index in [1.165, 1.54) is 12.1 Å². The molecule has 4 rings (SSSR count). The van der Waals surface area contributed by atoms with Crippen LogP contribution in [0.4, 0.5) is 5.69 Å². The molecule has 1 amide bonds. The van der Waals surface area contributed by atoms with Crippen LogP contribution in [0.3, 0.4) is 0 Å². The summed E-state index contributed by atoms with van der Waals surface area (Å²) in [6.07, 6.45) is 2.30. The van der Waals surface area contributed by atoms with Crippen molar-refractivity contribution in [2.24, 2.45) is 0 Å². The first-order valence-electron chi connectivity index (χ1n) is 10.7. The number of pyridine rings is 1. The lowest BCUT2D eigenvalue weighted by Gasteiger charge is -2.13. The number of imidazole rings is 1. The van der Waals surface area contributed by atoms with Gasteiger partial charge in [-0.2, -0.15) is 0 Å². The maximum Gasteiger partial charge on any atom is 0.261 e. The quantitative estimate of drug-likeness (QED) is 0.416. The number of aryl methyl sites for hydroxylation is 2. The number of rotatable bonds is 8. The van der Waals surface area contributed by atoms with Gasteiger partial charge in [0.25, 0.3) is 15.9 Å². The molecular weight excluding hydrogens is 438 g/mol. The Kier molecular flexibility index (Phi) is 6.41. The fraction of sp³-hybridized carbons (Fsp3) is 0.208. The Morgan fingerprint density at radius 3 is 2.52 bits per heavy atom. The molecule has 0 bridgehead atoms. The highest BCUT2D eigenvalue weighted by atomic mass is 32.2. The number of fused-ring (bicyclic) bond motifs is 1. The molecule has 2 aromatic heterocycles. The molecule has 0 radical (unpaired) electrons. The van der Waals surface area contributed by atoms with Crippen molar-refractivity contribution in [3.8, 4) is 0 Å². The molecule has 9 heteroatoms. The molecule has 0 saturated heterocycles. The van der Waals surface area contributed by atoms with E-state index in [1.807, 2.05) is 36.6 Å². The number of anilines is 1. The SMILES string of the molecule is CCn1c(C)nc2cc(NS(=O)(=O)c3ccccc3)cc(C(=O)NCCc3ccccn3)c21. The molecule has 0 spiro atoms. The van der Waals surface area contributed by atoms with Crippen LogP contribution < -0.4 is 10.0 Å². The molecule has 0 aliphatic carbocycles. The molecular formula is C24H25N5O3S. The van der Waals surface area contributed by atoms with Gasteiger partial charge in [0, 0.05) is 31.4 Å². The number of hydrogen-bond acceptors (Lipinski definition) is 5. The molecule has 2 N–H and O–H groups in total. The normalized spacial score (nSPS) is 11.5. The van der Waals surface area contributed by atoms with Gasteiger partial charge in [-0.25, -0.2) is 13.4 Å². The molecule has 2 aromatic carbocycles. The zero-order valence-electron chi connectivity index (χ0n) is 18.4. The maximum atomic E-state index is 13.2. The number of amides is 1. The van der Waals surface area contributed by atoms with Crippen molar-refractivity contribution < 1.29 is 13.2 Å². The van der Waals surface area contributed by atoms with Gasteiger partial charge in [-0.15, -0.1) is 0 Å². The number of sulfonamides is 1. The average Bonchev–Trinajstić information content (AvgIpc) is 3.14. The van der Waals surface area contributed by atoms with Gasteiger partial charge in [0.15, 0.2) is 0 Å². The lowest BCUT2D eigenvalue weighted by Crippen LogP contribution is -2.26. The van der Waals surface area contributed by atoms with Crippen LogP contribution in [0.5, 0.6) is 0 Å². The molecule has 4 aromatic rings. The lowest BCUT2D eigenvalue weighted by molar-refractivity contribution is 0.0955. The smallest absolute Gasteiger partial charge is 0.261 e. The molecule has 0 atom stereocenters. The van der Waals surface area contributed by atoms with Crippen LogP contribution >= 0.6 is 0 Å². The number of benzene rings is 2. The summed E-state index contributed by atoms with van der Waals surface area (Å²) in [7, 11) is -3.81. The number of carbonyl (C=O) groups excluding carboxylic acids is 1. The topological polar surface area (TPSA) is 106 Å². The number of nitrogens with one attached hydrogen (secondary N) is 2. The van der Waals surface area contributed by atoms with E-state index in [4.69, 9.17) is 0 Å². The van der Waals surface area contributed by atoms with Crippen LogP contribution in [0.2, 0.25) is 0 Å². The molecule has 0 aliphatic rings. The van der Waals surface area contributed by atoms with Crippen molar-refractivity contribution >= 4 is 32.7 Å². The summed E-state index contributed by atoms with van der Waals surface area (Å²) in [6, 6.07) is 17.0. The summed E-state index contributed by atoms with van der Waals surface area (Å²) >= 11 is 0. The molecule has 0 unspecified atom stereocenters. The van der Waals surface area contributed by atoms with Crippen LogP contribution in [0.25, 0.3) is 11.0 Å². The fourth-order valence-corrected chi connectivity index (χ4v) is 4.82. The first-order chi connectivity index (χ1) is 15.9. The fourth-order valence-electron chi connectivity index (χ4n) is 3.76. The van der Waals surface area contributed by atoms with Crippen molar-refractivity contribution in [2.45, 2.75) is 31.7 Å². The van der Waals surface area contributed by atoms with Gasteiger partial charge in [0.05, 0.1) is 27.2 Å². The molecule has 0 aliphatic heterocycles. The highest BCUT2D eigenvalue weighted by Crippen LogP contribution is 2.27. The summed E-state index contributed by atoms with van der Waals surface area (Å²) in [5.74, 6) is 0.449. The lowest BCUT2D eigenvalue weighted by atomic mass is 10.1. The zero-order chi connectivity index (χ0) is 23.4. The second-order valence-corrected chi connectivity index (χ2v) is 9.22. The Morgan fingerprint density at radius 2 is 1.82 bits per heavy atom. The van der Waals surface area contributed by atoms with Gasteiger partial charge in [-0.3, -0.25) is 14.5 Å². The summed E-state index contributed by atoms with van der Waals surface area (Å²) in [5, 5.41) is 2.92. The highest BCUT2D eigenvalue weighted by molar-refractivity contribution is 7.92. The number of aromatic nitrogens is 3. The second-order valence-electron chi connectivity index (χ2n) is 7.54. The third kappa shape index (κ3) is 4.88. The standard InChI is InChI=1S/C24H25N5O3S/c1-3-29-17(2)27-22-16-19(28-33(31,32)20-10-5-4-6-11-20)15-21(23(22)29)24(30)26-14-12-18-9-7-8-13-25-18/h4-11,13,15-16,28H,3,12,14H2,1-2H3,(H,26,30). The summed E-state index contributed by atoms with van der Waals surface area (Å²) in [6.45, 7) is 4.87. The molecule has 0 fully saturated rings. The van der Waals surface area contributed by atoms with E-state index in [-0.39, 0.29) is 16.5 Å². The number of nitrogens with zero attached hydrogens (tertiary/aromatic N) is 3. The third-order valence-electron chi connectivity index (χ3n) is 5.29. The van der Waals surface area contributed by atoms with Gasteiger partial charge < -0.3 is 9.88 Å². The average molecular weight is 464 g/mol. The molecule has 170 valence electrons. The van der Waals surface area contributed by atoms with E-state index in [9.17, 15) is 13.2 Å². The Hall–Kier alpha value is -3.72. The Balaban J connectivity index is 1.67. The summed E-state index contributed by atoms with van der Waals surface area (Å²) in [4.78, 5) is 22.1. The van der Waals surface area contributed by atoms with Crippen molar-refractivity contribution in [1.82, 2.24) is 19.9 Å². The first-order valence-corrected chi connectivity index (χ1v) is 12.1. The minimum atomic E-state index is -3.81. The van der Waals surface area contributed by atoms with Crippen LogP contribution in [-0.4, -0.2) is 35.4 Å². The van der Waals surface area contributed by atoms with E-state index in [0.717, 1.165) is 11.5 Å². The van der Waals surface area contributed by atoms with Gasteiger partial charge in [0.1, 0.15) is 5.82 Å². The van der Waals surface area contributed by atoms with Crippen LogP contribution in [0.1, 0.15) is 28.8 Å². The van der Waals surface area contributed by atoms with Crippen molar-refractivity contribution in [2.75, 3.05) is 11.3 Å². The van der Waals surface area contributed by atoms with E-state index in [2.05, 4.69) is 20.0 Å². The van der Waals surface area contributed by atoms with Crippen molar-refractivity contribution in [3.63, 3.8) is 0 Å². The van der Waals surface area contributed by atoms with Gasteiger partial charge in [0.2, 0.25) is 0 Å². The zero-order valence-corrected chi connectivity index (χ0v) is 19.3. The second kappa shape index (κ2) is 9.41. The number of carbonyl (C=O) groups is 1. The summed E-state index contributed by atoms with van der Waals surface area (Å²) in [5.41, 5.74) is 2.75. The number of hydrogen-bond donors (Lipinski definition) is 2. The minimum absolute atomic E-state index is 0.140. The molecule has 0 saturated carbocycles. The van der Waals surface area contributed by atoms with E-state index >= 15 is 0 Å². The predicted octanol–water partition coefficient (Wildman–Crippen LogP) is 3.53. The summed E-state index contributed by atoms with van der Waals surface area (Å²) < 4.78 is 30.2. The first kappa shape index (κ1) is 22.5. The Labute approximate surface area is 192 Å². The predicted molar refractivity (Wildman–Crippen MR) is 128 cm³/mol. The highest BCUT2D eigenvalue weighted by Gasteiger charge is 2.20. The molecule has 2 heterocycles. The van der Waals surface area contributed by atoms with E-state index < -0.39 is 10.0 Å². The van der Waals surface area contributed by atoms with Gasteiger partial charge >= 0.3 is 0 Å². The Morgan fingerprint density at radius 1 is 1.06 bits per heavy atom. The molecule has 33 heavy (non-hydrogen) atoms. The van der Waals surface area contributed by atoms with E-state index in [0.29, 0.717) is 36.1 Å². The monoisotopic (exact) mass is 463 g/mol. The van der Waals surface area contributed by atoms with Gasteiger partial charge in [-0.1, -0.05) is 24.3 Å². The maximum absolute atomic E-state index is 13.2. The van der Waals surface area contributed by atoms with Crippen LogP contribution in [0.15, 0.2) is 71.8 Å². The largest absolute Gasteiger partial charge is 0.352 e. The Bertz CT molecular complexity index is 1380. The van der Waals surface area contributed by atoms with Crippen LogP contribution in [-0.2, 0) is 23.0 Å². The van der Waals surface area contributed by atoms with E-state index in [1.54, 1.807) is 36.5 Å². The van der Waals surface area contributed by atoms with Crippen LogP contribution in [0, 0.1) is 6.92 Å².